The summed E-state index contributed by atoms with van der Waals surface area (Å²) in [6.45, 7) is 3.51. The van der Waals surface area contributed by atoms with Crippen LogP contribution in [0.25, 0.3) is 0 Å². The lowest BCUT2D eigenvalue weighted by atomic mass is 9.83. The fourth-order valence-electron chi connectivity index (χ4n) is 3.84. The van der Waals surface area contributed by atoms with Crippen LogP contribution in [0.15, 0.2) is 23.0 Å². The van der Waals surface area contributed by atoms with Crippen LogP contribution >= 0.6 is 22.6 Å². The van der Waals surface area contributed by atoms with Gasteiger partial charge >= 0.3 is 0 Å². The average molecular weight is 549 g/mol. The molecule has 1 aromatic carbocycles. The number of hydrogen-bond donors (Lipinski definition) is 3. The van der Waals surface area contributed by atoms with Crippen LogP contribution in [0.5, 0.6) is 5.88 Å². The number of rotatable bonds is 7. The lowest BCUT2D eigenvalue weighted by Gasteiger charge is -2.35. The van der Waals surface area contributed by atoms with Crippen LogP contribution in [0.3, 0.4) is 0 Å². The Morgan fingerprint density at radius 2 is 2.13 bits per heavy atom. The van der Waals surface area contributed by atoms with E-state index >= 15 is 0 Å². The first kappa shape index (κ1) is 21.5. The number of nitrogens with one attached hydrogen (secondary N) is 2. The predicted octanol–water partition coefficient (Wildman–Crippen LogP) is 1.88. The molecule has 1 atom stereocenters. The molecule has 0 amide bonds. The Morgan fingerprint density at radius 1 is 1.37 bits per heavy atom. The standard InChI is InChI=1S/C19H21FIN3O5S/c1-10-17(23-15-3-2-12(21)6-14(15)20)16(19-24(18(10)25)4-5-29-19)13(7-22-30(26)27)11-8-28-9-11/h2-3,6,11,13,23,30H,4-5,7-9H2,1H3,(H,22,26,27). The smallest absolute Gasteiger partial charge is 0.258 e. The molecule has 1 unspecified atom stereocenters. The van der Waals surface area contributed by atoms with Gasteiger partial charge in [0.25, 0.3) is 5.56 Å². The van der Waals surface area contributed by atoms with Crippen LogP contribution < -0.4 is 20.3 Å². The molecule has 2 aromatic rings. The van der Waals surface area contributed by atoms with Crippen molar-refractivity contribution in [2.24, 2.45) is 5.92 Å². The van der Waals surface area contributed by atoms with Gasteiger partial charge in [-0.1, -0.05) is 0 Å². The number of thiol groups is 1. The Balaban J connectivity index is 1.87. The van der Waals surface area contributed by atoms with Gasteiger partial charge < -0.3 is 14.8 Å². The van der Waals surface area contributed by atoms with Gasteiger partial charge in [0.05, 0.1) is 31.1 Å². The number of benzene rings is 1. The molecule has 2 aliphatic rings. The zero-order valence-electron chi connectivity index (χ0n) is 16.1. The van der Waals surface area contributed by atoms with Gasteiger partial charge in [0.2, 0.25) is 16.8 Å². The minimum Gasteiger partial charge on any atom is -0.477 e. The molecule has 1 aromatic heterocycles. The van der Waals surface area contributed by atoms with Gasteiger partial charge in [-0.05, 0) is 47.7 Å². The number of hydrogen-bond acceptors (Lipinski definition) is 6. The third kappa shape index (κ3) is 4.07. The van der Waals surface area contributed by atoms with Crippen molar-refractivity contribution in [2.45, 2.75) is 19.4 Å². The van der Waals surface area contributed by atoms with E-state index in [-0.39, 0.29) is 29.6 Å². The van der Waals surface area contributed by atoms with Gasteiger partial charge in [-0.2, -0.15) is 0 Å². The quantitative estimate of drug-likeness (QED) is 0.361. The Morgan fingerprint density at radius 3 is 2.77 bits per heavy atom. The van der Waals surface area contributed by atoms with Crippen molar-refractivity contribution in [1.29, 1.82) is 0 Å². The number of ether oxygens (including phenoxy) is 2. The van der Waals surface area contributed by atoms with Crippen LogP contribution in [-0.2, 0) is 22.2 Å². The molecule has 11 heteroatoms. The van der Waals surface area contributed by atoms with Crippen LogP contribution in [0.4, 0.5) is 15.8 Å². The average Bonchev–Trinajstić information content (AvgIpc) is 3.13. The molecule has 0 bridgehead atoms. The molecule has 8 nitrogen and oxygen atoms in total. The molecule has 1 saturated heterocycles. The molecule has 2 N–H and O–H groups in total. The zero-order valence-corrected chi connectivity index (χ0v) is 19.2. The third-order valence-electron chi connectivity index (χ3n) is 5.47. The van der Waals surface area contributed by atoms with Crippen molar-refractivity contribution < 1.29 is 22.3 Å². The summed E-state index contributed by atoms with van der Waals surface area (Å²) in [6, 6.07) is 4.77. The van der Waals surface area contributed by atoms with Gasteiger partial charge in [-0.15, -0.1) is 0 Å². The fraction of sp³-hybridized carbons (Fsp3) is 0.421. The first-order valence-electron chi connectivity index (χ1n) is 9.44. The minimum absolute atomic E-state index is 0.0420. The summed E-state index contributed by atoms with van der Waals surface area (Å²) < 4.78 is 52.9. The lowest BCUT2D eigenvalue weighted by molar-refractivity contribution is -0.0443. The number of anilines is 2. The lowest BCUT2D eigenvalue weighted by Crippen LogP contribution is -2.39. The highest BCUT2D eigenvalue weighted by Gasteiger charge is 2.37. The second kappa shape index (κ2) is 8.81. The second-order valence-corrected chi connectivity index (χ2v) is 9.37. The minimum atomic E-state index is -2.80. The summed E-state index contributed by atoms with van der Waals surface area (Å²) in [7, 11) is -2.80. The van der Waals surface area contributed by atoms with Crippen molar-refractivity contribution >= 4 is 44.9 Å². The Bertz CT molecular complexity index is 1110. The Hall–Kier alpha value is -1.70. The topological polar surface area (TPSA) is 98.7 Å². The molecule has 4 rings (SSSR count). The van der Waals surface area contributed by atoms with Crippen molar-refractivity contribution in [1.82, 2.24) is 9.29 Å². The van der Waals surface area contributed by atoms with Crippen molar-refractivity contribution in [2.75, 3.05) is 31.7 Å². The summed E-state index contributed by atoms with van der Waals surface area (Å²) >= 11 is 2.02. The van der Waals surface area contributed by atoms with Gasteiger partial charge in [0.1, 0.15) is 12.4 Å². The predicted molar refractivity (Wildman–Crippen MR) is 119 cm³/mol. The molecule has 30 heavy (non-hydrogen) atoms. The number of halogens is 2. The van der Waals surface area contributed by atoms with E-state index in [1.165, 1.54) is 6.07 Å². The summed E-state index contributed by atoms with van der Waals surface area (Å²) in [6.07, 6.45) is 0. The van der Waals surface area contributed by atoms with Crippen molar-refractivity contribution in [3.63, 3.8) is 0 Å². The van der Waals surface area contributed by atoms with Crippen molar-refractivity contribution in [3.8, 4) is 5.88 Å². The highest BCUT2D eigenvalue weighted by molar-refractivity contribution is 14.1. The van der Waals surface area contributed by atoms with Gasteiger partial charge in [-0.25, -0.2) is 17.5 Å². The second-order valence-electron chi connectivity index (χ2n) is 7.30. The number of nitrogens with zero attached hydrogens (tertiary/aromatic N) is 1. The molecule has 162 valence electrons. The highest BCUT2D eigenvalue weighted by Crippen LogP contribution is 2.42. The van der Waals surface area contributed by atoms with E-state index in [4.69, 9.17) is 9.47 Å². The van der Waals surface area contributed by atoms with E-state index in [1.54, 1.807) is 23.6 Å². The molecule has 0 saturated carbocycles. The molecule has 0 aliphatic carbocycles. The zero-order chi connectivity index (χ0) is 21.4. The first-order chi connectivity index (χ1) is 14.4. The number of pyridine rings is 1. The summed E-state index contributed by atoms with van der Waals surface area (Å²) in [5.41, 5.74) is 1.56. The van der Waals surface area contributed by atoms with Gasteiger partial charge in [-0.3, -0.25) is 9.36 Å². The molecule has 2 aliphatic heterocycles. The van der Waals surface area contributed by atoms with Crippen LogP contribution in [0, 0.1) is 22.2 Å². The maximum absolute atomic E-state index is 14.6. The van der Waals surface area contributed by atoms with E-state index < -0.39 is 16.7 Å². The largest absolute Gasteiger partial charge is 0.477 e. The molecular formula is C19H21FIN3O5S. The maximum atomic E-state index is 14.6. The van der Waals surface area contributed by atoms with E-state index in [1.807, 2.05) is 22.6 Å². The maximum Gasteiger partial charge on any atom is 0.258 e. The van der Waals surface area contributed by atoms with Crippen LogP contribution in [0.2, 0.25) is 0 Å². The Kier molecular flexibility index (Phi) is 6.32. The summed E-state index contributed by atoms with van der Waals surface area (Å²) in [5.74, 6) is -0.308. The highest BCUT2D eigenvalue weighted by atomic mass is 127. The molecule has 0 spiro atoms. The van der Waals surface area contributed by atoms with E-state index in [2.05, 4.69) is 10.0 Å². The molecule has 1 fully saturated rings. The monoisotopic (exact) mass is 549 g/mol. The first-order valence-corrected chi connectivity index (χ1v) is 11.7. The Labute approximate surface area is 188 Å². The normalized spacial score (nSPS) is 16.8. The molecule has 3 heterocycles. The van der Waals surface area contributed by atoms with Gasteiger partial charge in [0, 0.05) is 33.1 Å². The van der Waals surface area contributed by atoms with E-state index in [0.29, 0.717) is 49.1 Å². The number of fused-ring (bicyclic) bond motifs is 1. The van der Waals surface area contributed by atoms with Crippen LogP contribution in [0.1, 0.15) is 17.0 Å². The van der Waals surface area contributed by atoms with Gasteiger partial charge in [0.15, 0.2) is 0 Å². The fourth-order valence-corrected chi connectivity index (χ4v) is 4.64. The molecular weight excluding hydrogens is 528 g/mol. The summed E-state index contributed by atoms with van der Waals surface area (Å²) in [4.78, 5) is 12.9. The third-order valence-corrected chi connectivity index (χ3v) is 6.59. The molecule has 0 radical (unpaired) electrons. The van der Waals surface area contributed by atoms with E-state index in [9.17, 15) is 17.6 Å². The van der Waals surface area contributed by atoms with Crippen LogP contribution in [-0.4, -0.2) is 39.4 Å². The SMILES string of the molecule is Cc1c(Nc2ccc(I)cc2F)c(C(CN[SH](=O)=O)C2COC2)c2n(c1=O)CCO2. The number of aromatic nitrogens is 1. The van der Waals surface area contributed by atoms with Crippen molar-refractivity contribution in [3.05, 3.63) is 49.1 Å². The van der Waals surface area contributed by atoms with E-state index in [0.717, 1.165) is 3.57 Å². The summed E-state index contributed by atoms with van der Waals surface area (Å²) in [5, 5.41) is 3.09.